The maximum absolute atomic E-state index is 9.56. The highest BCUT2D eigenvalue weighted by Crippen LogP contribution is 2.27. The smallest absolute Gasteiger partial charge is 0.255 e. The number of hydrogen-bond donors (Lipinski definition) is 2. The van der Waals surface area contributed by atoms with Gasteiger partial charge < -0.3 is 19.7 Å². The van der Waals surface area contributed by atoms with Gasteiger partial charge in [0.25, 0.3) is 5.89 Å². The van der Waals surface area contributed by atoms with Crippen LogP contribution in [0.5, 0.6) is 0 Å². The Hall–Kier alpha value is -1.76. The molecular formula is C18H25N3O3. The number of hydrogen-bond acceptors (Lipinski definition) is 6. The predicted octanol–water partition coefficient (Wildman–Crippen LogP) is 2.63. The zero-order valence-electron chi connectivity index (χ0n) is 14.6. The van der Waals surface area contributed by atoms with Crippen LogP contribution in [0.1, 0.15) is 58.5 Å². The highest BCUT2D eigenvalue weighted by Gasteiger charge is 2.23. The van der Waals surface area contributed by atoms with Crippen molar-refractivity contribution in [3.05, 3.63) is 45.6 Å². The van der Waals surface area contributed by atoms with Gasteiger partial charge in [-0.2, -0.15) is 4.98 Å². The second-order valence-corrected chi connectivity index (χ2v) is 6.40. The molecule has 0 bridgehead atoms. The molecular weight excluding hydrogens is 306 g/mol. The van der Waals surface area contributed by atoms with E-state index in [1.807, 2.05) is 6.92 Å². The molecule has 1 aromatic heterocycles. The Bertz CT molecular complexity index is 706. The molecule has 6 heteroatoms. The largest absolute Gasteiger partial charge is 0.392 e. The molecule has 2 aromatic rings. The monoisotopic (exact) mass is 331 g/mol. The maximum atomic E-state index is 9.56. The average molecular weight is 331 g/mol. The van der Waals surface area contributed by atoms with Gasteiger partial charge in [0.15, 0.2) is 5.82 Å². The molecule has 0 aliphatic carbocycles. The molecule has 24 heavy (non-hydrogen) atoms. The zero-order chi connectivity index (χ0) is 17.1. The van der Waals surface area contributed by atoms with E-state index in [1.54, 1.807) is 0 Å². The van der Waals surface area contributed by atoms with E-state index >= 15 is 0 Å². The van der Waals surface area contributed by atoms with Gasteiger partial charge in [0.2, 0.25) is 0 Å². The second-order valence-electron chi connectivity index (χ2n) is 6.40. The second kappa shape index (κ2) is 7.42. The Kier molecular flexibility index (Phi) is 5.28. The normalized spacial score (nSPS) is 17.6. The van der Waals surface area contributed by atoms with Crippen molar-refractivity contribution < 1.29 is 14.4 Å². The summed E-state index contributed by atoms with van der Waals surface area (Å²) >= 11 is 0. The molecule has 1 aromatic carbocycles. The van der Waals surface area contributed by atoms with Crippen molar-refractivity contribution in [2.45, 2.75) is 59.4 Å². The Balaban J connectivity index is 1.62. The Morgan fingerprint density at radius 1 is 1.21 bits per heavy atom. The molecule has 2 heterocycles. The van der Waals surface area contributed by atoms with Crippen molar-refractivity contribution in [2.75, 3.05) is 6.61 Å². The van der Waals surface area contributed by atoms with Crippen LogP contribution in [0.15, 0.2) is 10.6 Å². The van der Waals surface area contributed by atoms with Gasteiger partial charge in [-0.05, 0) is 61.4 Å². The molecule has 3 rings (SSSR count). The van der Waals surface area contributed by atoms with Gasteiger partial charge in [-0.1, -0.05) is 11.2 Å². The number of aliphatic hydroxyl groups is 1. The first-order chi connectivity index (χ1) is 11.6. The summed E-state index contributed by atoms with van der Waals surface area (Å²) in [6, 6.07) is 2.12. The van der Waals surface area contributed by atoms with Crippen molar-refractivity contribution in [2.24, 2.45) is 0 Å². The molecule has 0 radical (unpaired) electrons. The van der Waals surface area contributed by atoms with Crippen LogP contribution in [0.4, 0.5) is 0 Å². The molecule has 1 saturated heterocycles. The van der Waals surface area contributed by atoms with E-state index in [4.69, 9.17) is 9.26 Å². The van der Waals surface area contributed by atoms with E-state index < -0.39 is 0 Å². The third kappa shape index (κ3) is 3.50. The molecule has 1 aliphatic rings. The Morgan fingerprint density at radius 3 is 2.71 bits per heavy atom. The van der Waals surface area contributed by atoms with Crippen molar-refractivity contribution in [1.29, 1.82) is 0 Å². The van der Waals surface area contributed by atoms with Crippen molar-refractivity contribution in [3.63, 3.8) is 0 Å². The van der Waals surface area contributed by atoms with Gasteiger partial charge in [0, 0.05) is 13.2 Å². The fraction of sp³-hybridized carbons (Fsp3) is 0.556. The Morgan fingerprint density at radius 2 is 2.00 bits per heavy atom. The first-order valence-corrected chi connectivity index (χ1v) is 8.44. The van der Waals surface area contributed by atoms with Crippen LogP contribution in [0.3, 0.4) is 0 Å². The lowest BCUT2D eigenvalue weighted by Gasteiger charge is -2.16. The fourth-order valence-corrected chi connectivity index (χ4v) is 3.33. The minimum Gasteiger partial charge on any atom is -0.392 e. The summed E-state index contributed by atoms with van der Waals surface area (Å²) in [5.41, 5.74) is 5.74. The molecule has 130 valence electrons. The maximum Gasteiger partial charge on any atom is 0.255 e. The number of nitrogens with one attached hydrogen (secondary N) is 1. The third-order valence-electron chi connectivity index (χ3n) is 4.72. The third-order valence-corrected chi connectivity index (χ3v) is 4.72. The minimum atomic E-state index is -0.0417. The fourth-order valence-electron chi connectivity index (χ4n) is 3.33. The van der Waals surface area contributed by atoms with Crippen LogP contribution in [0, 0.1) is 20.8 Å². The predicted molar refractivity (Wildman–Crippen MR) is 89.3 cm³/mol. The van der Waals surface area contributed by atoms with Crippen LogP contribution in [0.25, 0.3) is 0 Å². The summed E-state index contributed by atoms with van der Waals surface area (Å²) in [6.45, 7) is 8.27. The van der Waals surface area contributed by atoms with Crippen molar-refractivity contribution in [1.82, 2.24) is 15.5 Å². The van der Waals surface area contributed by atoms with E-state index in [1.165, 1.54) is 11.1 Å². The number of rotatable bonds is 6. The molecule has 0 spiro atoms. The molecule has 1 fully saturated rings. The molecule has 1 aliphatic heterocycles. The average Bonchev–Trinajstić information content (AvgIpc) is 3.21. The summed E-state index contributed by atoms with van der Waals surface area (Å²) in [5, 5.41) is 16.9. The number of aliphatic hydroxyl groups excluding tert-OH is 1. The molecule has 0 unspecified atom stereocenters. The van der Waals surface area contributed by atoms with Crippen LogP contribution in [-0.4, -0.2) is 21.9 Å². The van der Waals surface area contributed by atoms with E-state index in [2.05, 4.69) is 35.4 Å². The lowest BCUT2D eigenvalue weighted by Crippen LogP contribution is -2.16. The summed E-state index contributed by atoms with van der Waals surface area (Å²) in [4.78, 5) is 4.41. The van der Waals surface area contributed by atoms with Gasteiger partial charge in [0.05, 0.1) is 13.2 Å². The van der Waals surface area contributed by atoms with Crippen LogP contribution >= 0.6 is 0 Å². The quantitative estimate of drug-likeness (QED) is 0.847. The highest BCUT2D eigenvalue weighted by molar-refractivity contribution is 5.44. The topological polar surface area (TPSA) is 80.4 Å². The Labute approximate surface area is 142 Å². The van der Waals surface area contributed by atoms with E-state index in [-0.39, 0.29) is 12.7 Å². The number of nitrogens with zero attached hydrogens (tertiary/aromatic N) is 2. The zero-order valence-corrected chi connectivity index (χ0v) is 14.6. The highest BCUT2D eigenvalue weighted by atomic mass is 16.5. The lowest BCUT2D eigenvalue weighted by molar-refractivity contribution is 0.0835. The SMILES string of the molecule is Cc1cc(C)c(CNCc2noc([C@@H]3CCCO3)n2)c(C)c1CO. The first kappa shape index (κ1) is 17.1. The number of benzene rings is 1. The van der Waals surface area contributed by atoms with Crippen LogP contribution in [0.2, 0.25) is 0 Å². The van der Waals surface area contributed by atoms with Crippen LogP contribution < -0.4 is 5.32 Å². The van der Waals surface area contributed by atoms with Gasteiger partial charge >= 0.3 is 0 Å². The number of aryl methyl sites for hydroxylation is 2. The van der Waals surface area contributed by atoms with Crippen molar-refractivity contribution >= 4 is 0 Å². The van der Waals surface area contributed by atoms with Crippen LogP contribution in [-0.2, 0) is 24.4 Å². The number of ether oxygens (including phenoxy) is 1. The van der Waals surface area contributed by atoms with E-state index in [0.29, 0.717) is 24.8 Å². The molecule has 0 saturated carbocycles. The van der Waals surface area contributed by atoms with Gasteiger partial charge in [0.1, 0.15) is 6.10 Å². The first-order valence-electron chi connectivity index (χ1n) is 8.44. The lowest BCUT2D eigenvalue weighted by atomic mass is 9.94. The summed E-state index contributed by atoms with van der Waals surface area (Å²) in [6.07, 6.45) is 1.94. The summed E-state index contributed by atoms with van der Waals surface area (Å²) < 4.78 is 10.8. The number of aromatic nitrogens is 2. The molecule has 2 N–H and O–H groups in total. The minimum absolute atomic E-state index is 0.0417. The molecule has 1 atom stereocenters. The standard InChI is InChI=1S/C18H25N3O3/c1-11-7-12(2)15(10-22)13(3)14(11)8-19-9-17-20-18(24-21-17)16-5-4-6-23-16/h7,16,19,22H,4-6,8-10H2,1-3H3/t16-/m0/s1. The summed E-state index contributed by atoms with van der Waals surface area (Å²) in [5.74, 6) is 1.22. The van der Waals surface area contributed by atoms with E-state index in [9.17, 15) is 5.11 Å². The van der Waals surface area contributed by atoms with Gasteiger partial charge in [-0.15, -0.1) is 0 Å². The van der Waals surface area contributed by atoms with Gasteiger partial charge in [-0.25, -0.2) is 0 Å². The van der Waals surface area contributed by atoms with Gasteiger partial charge in [-0.3, -0.25) is 0 Å². The summed E-state index contributed by atoms with van der Waals surface area (Å²) in [7, 11) is 0. The van der Waals surface area contributed by atoms with E-state index in [0.717, 1.165) is 36.1 Å². The molecule has 6 nitrogen and oxygen atoms in total. The van der Waals surface area contributed by atoms with Crippen molar-refractivity contribution in [3.8, 4) is 0 Å². The molecule has 0 amide bonds.